The maximum Gasteiger partial charge on any atom is 0.413 e. The average molecular weight is 457 g/mol. The molecule has 0 saturated carbocycles. The lowest BCUT2D eigenvalue weighted by molar-refractivity contribution is 0.0499. The SMILES string of the molecule is CCOC(=O)NC(=S)N(CC(CC(C)C)NC(=O)OC(C)(C)C)c1cc[nH]c1C(=O)O. The zero-order chi connectivity index (χ0) is 23.8. The third kappa shape index (κ3) is 9.24. The highest BCUT2D eigenvalue weighted by molar-refractivity contribution is 7.80. The number of carboxylic acids is 1. The molecule has 0 aliphatic rings. The van der Waals surface area contributed by atoms with Gasteiger partial charge in [-0.15, -0.1) is 0 Å². The van der Waals surface area contributed by atoms with Crippen LogP contribution in [0.3, 0.4) is 0 Å². The van der Waals surface area contributed by atoms with E-state index in [0.717, 1.165) is 0 Å². The van der Waals surface area contributed by atoms with Crippen molar-refractivity contribution < 1.29 is 29.0 Å². The van der Waals surface area contributed by atoms with Crippen LogP contribution in [0.15, 0.2) is 12.3 Å². The number of H-pyrrole nitrogens is 1. The summed E-state index contributed by atoms with van der Waals surface area (Å²) in [4.78, 5) is 40.0. The number of anilines is 1. The molecule has 1 rings (SSSR count). The van der Waals surface area contributed by atoms with E-state index in [1.165, 1.54) is 17.2 Å². The molecule has 0 saturated heterocycles. The Morgan fingerprint density at radius 2 is 1.90 bits per heavy atom. The number of nitrogens with one attached hydrogen (secondary N) is 3. The molecule has 31 heavy (non-hydrogen) atoms. The van der Waals surface area contributed by atoms with Gasteiger partial charge in [-0.1, -0.05) is 13.8 Å². The van der Waals surface area contributed by atoms with Crippen molar-refractivity contribution in [3.63, 3.8) is 0 Å². The molecule has 174 valence electrons. The third-order valence-electron chi connectivity index (χ3n) is 3.84. The molecule has 0 fully saturated rings. The van der Waals surface area contributed by atoms with Crippen molar-refractivity contribution in [3.8, 4) is 0 Å². The van der Waals surface area contributed by atoms with Gasteiger partial charge in [-0.25, -0.2) is 14.4 Å². The van der Waals surface area contributed by atoms with Crippen molar-refractivity contribution in [1.29, 1.82) is 0 Å². The number of carbonyl (C=O) groups excluding carboxylic acids is 2. The van der Waals surface area contributed by atoms with Crippen molar-refractivity contribution in [2.45, 2.75) is 59.6 Å². The smallest absolute Gasteiger partial charge is 0.413 e. The van der Waals surface area contributed by atoms with Gasteiger partial charge in [0.05, 0.1) is 18.3 Å². The van der Waals surface area contributed by atoms with E-state index >= 15 is 0 Å². The Hall–Kier alpha value is -2.82. The number of ether oxygens (including phenoxy) is 2. The standard InChI is InChI=1S/C20H32N4O6S/c1-7-29-18(27)23-17(31)24(14-8-9-21-15(14)16(25)26)11-13(10-12(2)3)22-19(28)30-20(4,5)6/h8-9,12-13,21H,7,10-11H2,1-6H3,(H,22,28)(H,25,26)(H,23,27,31). The van der Waals surface area contributed by atoms with Gasteiger partial charge >= 0.3 is 18.2 Å². The number of aromatic carboxylic acids is 1. The minimum Gasteiger partial charge on any atom is -0.477 e. The summed E-state index contributed by atoms with van der Waals surface area (Å²) >= 11 is 5.36. The van der Waals surface area contributed by atoms with Crippen LogP contribution in [0.2, 0.25) is 0 Å². The Labute approximate surface area is 187 Å². The lowest BCUT2D eigenvalue weighted by Crippen LogP contribution is -2.51. The summed E-state index contributed by atoms with van der Waals surface area (Å²) < 4.78 is 10.2. The maximum atomic E-state index is 12.4. The number of carboxylic acid groups (broad SMARTS) is 1. The average Bonchev–Trinajstić information content (AvgIpc) is 3.06. The van der Waals surface area contributed by atoms with Crippen LogP contribution in [0.4, 0.5) is 15.3 Å². The molecule has 1 aromatic heterocycles. The molecule has 1 aromatic rings. The highest BCUT2D eigenvalue weighted by atomic mass is 32.1. The summed E-state index contributed by atoms with van der Waals surface area (Å²) in [5, 5.41) is 14.7. The number of thiocarbonyl (C=S) groups is 1. The van der Waals surface area contributed by atoms with Crippen LogP contribution in [0, 0.1) is 5.92 Å². The fourth-order valence-electron chi connectivity index (χ4n) is 2.81. The fourth-order valence-corrected chi connectivity index (χ4v) is 3.07. The Balaban J connectivity index is 3.19. The van der Waals surface area contributed by atoms with Crippen LogP contribution in [0.25, 0.3) is 0 Å². The summed E-state index contributed by atoms with van der Waals surface area (Å²) in [6.07, 6.45) is 0.655. The summed E-state index contributed by atoms with van der Waals surface area (Å²) in [6.45, 7) is 11.1. The monoisotopic (exact) mass is 456 g/mol. The van der Waals surface area contributed by atoms with Crippen LogP contribution in [-0.2, 0) is 9.47 Å². The Morgan fingerprint density at radius 1 is 1.26 bits per heavy atom. The first-order valence-corrected chi connectivity index (χ1v) is 10.4. The fraction of sp³-hybridized carbons (Fsp3) is 0.600. The molecule has 4 N–H and O–H groups in total. The summed E-state index contributed by atoms with van der Waals surface area (Å²) in [5.41, 5.74) is -0.535. The van der Waals surface area contributed by atoms with Crippen LogP contribution in [0.5, 0.6) is 0 Å². The maximum absolute atomic E-state index is 12.4. The predicted molar refractivity (Wildman–Crippen MR) is 120 cm³/mol. The van der Waals surface area contributed by atoms with E-state index in [-0.39, 0.29) is 35.6 Å². The minimum absolute atomic E-state index is 0.0553. The molecular weight excluding hydrogens is 424 g/mol. The van der Waals surface area contributed by atoms with Crippen molar-refractivity contribution in [1.82, 2.24) is 15.6 Å². The van der Waals surface area contributed by atoms with E-state index in [9.17, 15) is 19.5 Å². The lowest BCUT2D eigenvalue weighted by atomic mass is 10.0. The highest BCUT2D eigenvalue weighted by Gasteiger charge is 2.27. The molecule has 1 unspecified atom stereocenters. The highest BCUT2D eigenvalue weighted by Crippen LogP contribution is 2.22. The van der Waals surface area contributed by atoms with Gasteiger partial charge in [-0.05, 0) is 58.3 Å². The van der Waals surface area contributed by atoms with Crippen molar-refractivity contribution >= 4 is 41.2 Å². The first-order valence-electron chi connectivity index (χ1n) is 9.99. The first kappa shape index (κ1) is 26.2. The zero-order valence-electron chi connectivity index (χ0n) is 18.8. The van der Waals surface area contributed by atoms with E-state index in [1.54, 1.807) is 27.7 Å². The van der Waals surface area contributed by atoms with Gasteiger partial charge < -0.3 is 29.8 Å². The predicted octanol–water partition coefficient (Wildman–Crippen LogP) is 3.49. The molecule has 0 aromatic carbocycles. The molecule has 0 aliphatic heterocycles. The van der Waals surface area contributed by atoms with Gasteiger partial charge in [0, 0.05) is 12.7 Å². The van der Waals surface area contributed by atoms with E-state index in [2.05, 4.69) is 15.6 Å². The van der Waals surface area contributed by atoms with Gasteiger partial charge in [-0.3, -0.25) is 5.32 Å². The molecule has 1 atom stereocenters. The van der Waals surface area contributed by atoms with Crippen molar-refractivity contribution in [3.05, 3.63) is 18.0 Å². The Bertz CT molecular complexity index is 787. The number of alkyl carbamates (subject to hydrolysis) is 2. The third-order valence-corrected chi connectivity index (χ3v) is 4.16. The van der Waals surface area contributed by atoms with Crippen LogP contribution in [0.1, 0.15) is 58.5 Å². The van der Waals surface area contributed by atoms with Gasteiger partial charge in [-0.2, -0.15) is 0 Å². The number of hydrogen-bond donors (Lipinski definition) is 4. The van der Waals surface area contributed by atoms with E-state index in [0.29, 0.717) is 6.42 Å². The van der Waals surface area contributed by atoms with E-state index < -0.39 is 29.8 Å². The quantitative estimate of drug-likeness (QED) is 0.437. The van der Waals surface area contributed by atoms with Crippen molar-refractivity contribution in [2.24, 2.45) is 5.92 Å². The van der Waals surface area contributed by atoms with Gasteiger partial charge in [0.2, 0.25) is 0 Å². The largest absolute Gasteiger partial charge is 0.477 e. The second-order valence-electron chi connectivity index (χ2n) is 8.28. The van der Waals surface area contributed by atoms with E-state index in [4.69, 9.17) is 21.7 Å². The van der Waals surface area contributed by atoms with Gasteiger partial charge in [0.15, 0.2) is 5.11 Å². The first-order chi connectivity index (χ1) is 14.3. The second kappa shape index (κ2) is 11.5. The molecule has 0 aliphatic carbocycles. The lowest BCUT2D eigenvalue weighted by Gasteiger charge is -2.31. The Morgan fingerprint density at radius 3 is 2.42 bits per heavy atom. The van der Waals surface area contributed by atoms with Gasteiger partial charge in [0.25, 0.3) is 0 Å². The van der Waals surface area contributed by atoms with Gasteiger partial charge in [0.1, 0.15) is 11.3 Å². The summed E-state index contributed by atoms with van der Waals surface area (Å²) in [5.74, 6) is -0.983. The number of carbonyl (C=O) groups is 3. The number of nitrogens with zero attached hydrogens (tertiary/aromatic N) is 1. The van der Waals surface area contributed by atoms with Crippen LogP contribution >= 0.6 is 12.2 Å². The normalized spacial score (nSPS) is 12.1. The molecule has 11 heteroatoms. The molecule has 0 spiro atoms. The molecular formula is C20H32N4O6S. The Kier molecular flexibility index (Phi) is 9.76. The second-order valence-corrected chi connectivity index (χ2v) is 8.66. The summed E-state index contributed by atoms with van der Waals surface area (Å²) in [7, 11) is 0. The number of aromatic nitrogens is 1. The molecule has 0 bridgehead atoms. The number of hydrogen-bond acceptors (Lipinski definition) is 6. The van der Waals surface area contributed by atoms with Crippen LogP contribution < -0.4 is 15.5 Å². The summed E-state index contributed by atoms with van der Waals surface area (Å²) in [6, 6.07) is 1.08. The molecule has 10 nitrogen and oxygen atoms in total. The molecule has 0 radical (unpaired) electrons. The van der Waals surface area contributed by atoms with Crippen LogP contribution in [-0.4, -0.2) is 58.2 Å². The zero-order valence-corrected chi connectivity index (χ0v) is 19.6. The number of rotatable bonds is 8. The molecule has 1 heterocycles. The number of aromatic amines is 1. The minimum atomic E-state index is -1.19. The van der Waals surface area contributed by atoms with E-state index in [1.807, 2.05) is 13.8 Å². The van der Waals surface area contributed by atoms with Crippen molar-refractivity contribution in [2.75, 3.05) is 18.1 Å². The number of amides is 2. The molecule has 2 amide bonds. The topological polar surface area (TPSA) is 133 Å².